The van der Waals surface area contributed by atoms with Crippen molar-refractivity contribution in [3.05, 3.63) is 69.3 Å². The first-order valence-electron chi connectivity index (χ1n) is 6.31. The maximum Gasteiger partial charge on any atom is 0.123 e. The lowest BCUT2D eigenvalue weighted by Gasteiger charge is -2.09. The van der Waals surface area contributed by atoms with Gasteiger partial charge in [0.25, 0.3) is 0 Å². The average Bonchev–Trinajstić information content (AvgIpc) is 2.84. The summed E-state index contributed by atoms with van der Waals surface area (Å²) < 4.78 is 15.3. The molecule has 0 saturated heterocycles. The molecule has 102 valence electrons. The predicted octanol–water partition coefficient (Wildman–Crippen LogP) is 5.05. The Morgan fingerprint density at radius 3 is 2.60 bits per heavy atom. The van der Waals surface area contributed by atoms with E-state index in [1.807, 2.05) is 24.3 Å². The zero-order valence-electron chi connectivity index (χ0n) is 10.6. The zero-order valence-corrected chi connectivity index (χ0v) is 13.0. The summed E-state index contributed by atoms with van der Waals surface area (Å²) in [6.07, 6.45) is 0.780. The van der Waals surface area contributed by atoms with Crippen molar-refractivity contribution in [1.82, 2.24) is 0 Å². The van der Waals surface area contributed by atoms with E-state index in [-0.39, 0.29) is 11.9 Å². The van der Waals surface area contributed by atoms with Crippen LogP contribution in [0.1, 0.15) is 16.5 Å². The molecular weight excluding hydrogens is 337 g/mol. The average molecular weight is 350 g/mol. The molecule has 2 aromatic carbocycles. The second kappa shape index (κ2) is 5.64. The summed E-state index contributed by atoms with van der Waals surface area (Å²) >= 11 is 5.06. The van der Waals surface area contributed by atoms with E-state index >= 15 is 0 Å². The van der Waals surface area contributed by atoms with Crippen LogP contribution in [0.15, 0.2) is 53.0 Å². The Morgan fingerprint density at radius 2 is 1.85 bits per heavy atom. The molecule has 1 nitrogen and oxygen atoms in total. The Kier molecular flexibility index (Phi) is 3.87. The summed E-state index contributed by atoms with van der Waals surface area (Å²) in [5.74, 6) is -0.205. The van der Waals surface area contributed by atoms with Crippen LogP contribution in [0.25, 0.3) is 10.1 Å². The number of rotatable bonds is 3. The van der Waals surface area contributed by atoms with E-state index in [4.69, 9.17) is 5.73 Å². The van der Waals surface area contributed by atoms with Gasteiger partial charge < -0.3 is 5.73 Å². The predicted molar refractivity (Wildman–Crippen MR) is 86.6 cm³/mol. The molecule has 0 aliphatic carbocycles. The molecule has 0 bridgehead atoms. The number of nitrogens with two attached hydrogens (primary N) is 1. The van der Waals surface area contributed by atoms with E-state index in [0.717, 1.165) is 25.9 Å². The first kappa shape index (κ1) is 13.7. The molecular formula is C16H13BrFNS. The van der Waals surface area contributed by atoms with E-state index in [9.17, 15) is 4.39 Å². The number of benzene rings is 2. The molecule has 3 aromatic rings. The van der Waals surface area contributed by atoms with Crippen LogP contribution in [-0.4, -0.2) is 0 Å². The smallest absolute Gasteiger partial charge is 0.123 e. The van der Waals surface area contributed by atoms with Crippen molar-refractivity contribution in [2.45, 2.75) is 12.5 Å². The van der Waals surface area contributed by atoms with Gasteiger partial charge in [0.05, 0.1) is 0 Å². The Labute approximate surface area is 129 Å². The molecule has 0 spiro atoms. The van der Waals surface area contributed by atoms with E-state index in [1.54, 1.807) is 17.4 Å². The fraction of sp³-hybridized carbons (Fsp3) is 0.125. The third kappa shape index (κ3) is 2.92. The monoisotopic (exact) mass is 349 g/mol. The zero-order chi connectivity index (χ0) is 14.1. The highest BCUT2D eigenvalue weighted by molar-refractivity contribution is 9.10. The SMILES string of the molecule is NC(Cc1ccc(Br)cc1)c1cc2cc(F)ccc2s1. The van der Waals surface area contributed by atoms with Crippen molar-refractivity contribution >= 4 is 37.4 Å². The van der Waals surface area contributed by atoms with Crippen molar-refractivity contribution in [1.29, 1.82) is 0 Å². The quantitative estimate of drug-likeness (QED) is 0.703. The maximum absolute atomic E-state index is 13.2. The first-order chi connectivity index (χ1) is 9.61. The summed E-state index contributed by atoms with van der Waals surface area (Å²) in [7, 11) is 0. The van der Waals surface area contributed by atoms with Gasteiger partial charge in [0.1, 0.15) is 5.82 Å². The Bertz CT molecular complexity index is 736. The molecule has 1 aromatic heterocycles. The maximum atomic E-state index is 13.2. The van der Waals surface area contributed by atoms with E-state index in [0.29, 0.717) is 0 Å². The van der Waals surface area contributed by atoms with Gasteiger partial charge in [-0.05, 0) is 53.8 Å². The molecule has 20 heavy (non-hydrogen) atoms. The van der Waals surface area contributed by atoms with Crippen LogP contribution in [0, 0.1) is 5.82 Å². The molecule has 2 N–H and O–H groups in total. The van der Waals surface area contributed by atoms with Gasteiger partial charge >= 0.3 is 0 Å². The highest BCUT2D eigenvalue weighted by Crippen LogP contribution is 2.31. The van der Waals surface area contributed by atoms with Crippen molar-refractivity contribution in [3.8, 4) is 0 Å². The molecule has 1 unspecified atom stereocenters. The van der Waals surface area contributed by atoms with Crippen molar-refractivity contribution in [3.63, 3.8) is 0 Å². The molecule has 1 heterocycles. The highest BCUT2D eigenvalue weighted by atomic mass is 79.9. The fourth-order valence-electron chi connectivity index (χ4n) is 2.19. The summed E-state index contributed by atoms with van der Waals surface area (Å²) in [5.41, 5.74) is 7.47. The van der Waals surface area contributed by atoms with Gasteiger partial charge in [-0.15, -0.1) is 11.3 Å². The van der Waals surface area contributed by atoms with Crippen molar-refractivity contribution < 1.29 is 4.39 Å². The van der Waals surface area contributed by atoms with E-state index in [2.05, 4.69) is 28.1 Å². The van der Waals surface area contributed by atoms with Crippen molar-refractivity contribution in [2.75, 3.05) is 0 Å². The van der Waals surface area contributed by atoms with Gasteiger partial charge in [-0.3, -0.25) is 0 Å². The third-order valence-corrected chi connectivity index (χ3v) is 5.01. The molecule has 0 fully saturated rings. The molecule has 0 radical (unpaired) electrons. The van der Waals surface area contributed by atoms with Crippen LogP contribution in [-0.2, 0) is 6.42 Å². The Balaban J connectivity index is 1.84. The summed E-state index contributed by atoms with van der Waals surface area (Å²) in [6.45, 7) is 0. The lowest BCUT2D eigenvalue weighted by Crippen LogP contribution is -2.11. The second-order valence-corrected chi connectivity index (χ2v) is 6.80. The number of hydrogen-bond donors (Lipinski definition) is 1. The Hall–Kier alpha value is -1.23. The van der Waals surface area contributed by atoms with Crippen molar-refractivity contribution in [2.24, 2.45) is 5.73 Å². The van der Waals surface area contributed by atoms with Crippen LogP contribution < -0.4 is 5.73 Å². The summed E-state index contributed by atoms with van der Waals surface area (Å²) in [5, 5.41) is 0.927. The van der Waals surface area contributed by atoms with E-state index in [1.165, 1.54) is 11.6 Å². The number of thiophene rings is 1. The van der Waals surface area contributed by atoms with Gasteiger partial charge in [-0.2, -0.15) is 0 Å². The second-order valence-electron chi connectivity index (χ2n) is 4.77. The third-order valence-electron chi connectivity index (χ3n) is 3.23. The number of fused-ring (bicyclic) bond motifs is 1. The minimum Gasteiger partial charge on any atom is -0.323 e. The van der Waals surface area contributed by atoms with Crippen LogP contribution in [0.3, 0.4) is 0 Å². The Morgan fingerprint density at radius 1 is 1.10 bits per heavy atom. The van der Waals surface area contributed by atoms with Crippen LogP contribution in [0.5, 0.6) is 0 Å². The lowest BCUT2D eigenvalue weighted by molar-refractivity contribution is 0.630. The van der Waals surface area contributed by atoms with Gasteiger partial charge in [0.2, 0.25) is 0 Å². The molecule has 0 saturated carbocycles. The first-order valence-corrected chi connectivity index (χ1v) is 7.92. The summed E-state index contributed by atoms with van der Waals surface area (Å²) in [4.78, 5) is 1.09. The van der Waals surface area contributed by atoms with Crippen LogP contribution in [0.2, 0.25) is 0 Å². The van der Waals surface area contributed by atoms with Gasteiger partial charge in [-0.25, -0.2) is 4.39 Å². The van der Waals surface area contributed by atoms with E-state index < -0.39 is 0 Å². The molecule has 0 amide bonds. The molecule has 0 aliphatic heterocycles. The van der Waals surface area contributed by atoms with Crippen LogP contribution >= 0.6 is 27.3 Å². The lowest BCUT2D eigenvalue weighted by atomic mass is 10.1. The van der Waals surface area contributed by atoms with Crippen LogP contribution in [0.4, 0.5) is 4.39 Å². The molecule has 3 rings (SSSR count). The minimum absolute atomic E-state index is 0.0587. The van der Waals surface area contributed by atoms with Gasteiger partial charge in [0.15, 0.2) is 0 Å². The largest absolute Gasteiger partial charge is 0.323 e. The van der Waals surface area contributed by atoms with Gasteiger partial charge in [0, 0.05) is 20.1 Å². The standard InChI is InChI=1S/C16H13BrFNS/c17-12-3-1-10(2-4-12)7-14(19)16-9-11-8-13(18)5-6-15(11)20-16/h1-6,8-9,14H,7,19H2. The molecule has 4 heteroatoms. The fourth-order valence-corrected chi connectivity index (χ4v) is 3.50. The highest BCUT2D eigenvalue weighted by Gasteiger charge is 2.11. The number of hydrogen-bond acceptors (Lipinski definition) is 2. The molecule has 0 aliphatic rings. The number of halogens is 2. The minimum atomic E-state index is -0.205. The van der Waals surface area contributed by atoms with Gasteiger partial charge in [-0.1, -0.05) is 28.1 Å². The normalized spacial score (nSPS) is 12.8. The summed E-state index contributed by atoms with van der Waals surface area (Å²) in [6, 6.07) is 15.0. The molecule has 1 atom stereocenters. The topological polar surface area (TPSA) is 26.0 Å².